The van der Waals surface area contributed by atoms with Crippen molar-refractivity contribution in [2.24, 2.45) is 28.6 Å². The predicted octanol–water partition coefficient (Wildman–Crippen LogP) is 3.13. The Hall–Kier alpha value is -1.31. The fourth-order valence-electron chi connectivity index (χ4n) is 7.02. The van der Waals surface area contributed by atoms with Gasteiger partial charge in [-0.15, -0.1) is 0 Å². The number of rotatable bonds is 0. The molecule has 142 valence electrons. The van der Waals surface area contributed by atoms with E-state index in [1.807, 2.05) is 0 Å². The average molecular weight is 358 g/mol. The summed E-state index contributed by atoms with van der Waals surface area (Å²) in [5.41, 5.74) is 0.109. The molecule has 3 N–H and O–H groups in total. The quantitative estimate of drug-likeness (QED) is 0.459. The minimum Gasteiger partial charge on any atom is -0.472 e. The molecule has 0 bridgehead atoms. The molecule has 4 rings (SSSR count). The van der Waals surface area contributed by atoms with E-state index in [1.54, 1.807) is 0 Å². The zero-order chi connectivity index (χ0) is 18.7. The fourth-order valence-corrected chi connectivity index (χ4v) is 7.02. The lowest BCUT2D eigenvalue weighted by molar-refractivity contribution is -0.130. The van der Waals surface area contributed by atoms with Gasteiger partial charge in [-0.2, -0.15) is 0 Å². The van der Waals surface area contributed by atoms with Crippen molar-refractivity contribution in [3.63, 3.8) is 0 Å². The standard InChI is InChI=1S/C22H30O4/c1-20-9-5-15(23)13-14(20)3-4-16-17(20)6-10-21(2)18(16)7-11-22(21,26)12-8-19(24)25/h3,15-18,23,26H,4-7,9-11,13H2,1-2H3,(H,24,25)/t15?,16-,17+,18+,20+,21+,22?/m1/s1. The number of aliphatic hydroxyl groups excluding tert-OH is 1. The van der Waals surface area contributed by atoms with Crippen molar-refractivity contribution in [1.29, 1.82) is 0 Å². The van der Waals surface area contributed by atoms with Crippen LogP contribution in [0.25, 0.3) is 0 Å². The molecule has 4 aliphatic carbocycles. The molecule has 26 heavy (non-hydrogen) atoms. The first-order valence-electron chi connectivity index (χ1n) is 10.1. The van der Waals surface area contributed by atoms with E-state index in [0.717, 1.165) is 44.9 Å². The smallest absolute Gasteiger partial charge is 0.382 e. The number of carbonyl (C=O) groups is 1. The number of aliphatic hydroxyl groups is 2. The highest BCUT2D eigenvalue weighted by Gasteiger charge is 2.63. The zero-order valence-corrected chi connectivity index (χ0v) is 15.8. The van der Waals surface area contributed by atoms with Crippen LogP contribution in [0.5, 0.6) is 0 Å². The Labute approximate surface area is 155 Å². The highest BCUT2D eigenvalue weighted by Crippen LogP contribution is 2.67. The lowest BCUT2D eigenvalue weighted by atomic mass is 9.47. The molecule has 0 radical (unpaired) electrons. The molecule has 0 heterocycles. The normalized spacial score (nSPS) is 49.8. The molecule has 0 spiro atoms. The third kappa shape index (κ3) is 2.40. The van der Waals surface area contributed by atoms with Gasteiger partial charge in [0.25, 0.3) is 0 Å². The van der Waals surface area contributed by atoms with Gasteiger partial charge in [-0.3, -0.25) is 0 Å². The first-order chi connectivity index (χ1) is 12.2. The Kier molecular flexibility index (Phi) is 4.06. The Bertz CT molecular complexity index is 715. The number of hydrogen-bond acceptors (Lipinski definition) is 3. The summed E-state index contributed by atoms with van der Waals surface area (Å²) in [4.78, 5) is 10.9. The van der Waals surface area contributed by atoms with Crippen LogP contribution in [0.2, 0.25) is 0 Å². The number of hydrogen-bond donors (Lipinski definition) is 3. The molecular weight excluding hydrogens is 328 g/mol. The van der Waals surface area contributed by atoms with Gasteiger partial charge in [0.2, 0.25) is 0 Å². The van der Waals surface area contributed by atoms with Crippen LogP contribution in [0.4, 0.5) is 0 Å². The van der Waals surface area contributed by atoms with Crippen LogP contribution >= 0.6 is 0 Å². The van der Waals surface area contributed by atoms with E-state index in [-0.39, 0.29) is 16.9 Å². The van der Waals surface area contributed by atoms with E-state index < -0.39 is 11.6 Å². The molecule has 3 fully saturated rings. The largest absolute Gasteiger partial charge is 0.472 e. The molecule has 2 unspecified atom stereocenters. The fraction of sp³-hybridized carbons (Fsp3) is 0.773. The number of aliphatic carboxylic acids is 1. The molecule has 0 aromatic rings. The first kappa shape index (κ1) is 18.1. The maximum atomic E-state index is 11.2. The Morgan fingerprint density at radius 3 is 2.62 bits per heavy atom. The third-order valence-corrected chi connectivity index (χ3v) is 8.61. The van der Waals surface area contributed by atoms with Gasteiger partial charge in [0.1, 0.15) is 5.60 Å². The second-order valence-corrected chi connectivity index (χ2v) is 9.57. The van der Waals surface area contributed by atoms with Crippen molar-refractivity contribution in [2.75, 3.05) is 0 Å². The van der Waals surface area contributed by atoms with Gasteiger partial charge < -0.3 is 15.3 Å². The summed E-state index contributed by atoms with van der Waals surface area (Å²) in [5.74, 6) is 5.26. The molecular formula is C22H30O4. The van der Waals surface area contributed by atoms with Crippen LogP contribution in [0.3, 0.4) is 0 Å². The van der Waals surface area contributed by atoms with Crippen molar-refractivity contribution in [1.82, 2.24) is 0 Å². The molecule has 0 aromatic heterocycles. The van der Waals surface area contributed by atoms with Gasteiger partial charge >= 0.3 is 5.97 Å². The number of carboxylic acids is 1. The number of allylic oxidation sites excluding steroid dienone is 1. The Morgan fingerprint density at radius 2 is 1.88 bits per heavy atom. The number of fused-ring (bicyclic) bond motifs is 5. The lowest BCUT2D eigenvalue weighted by Crippen LogP contribution is -2.54. The summed E-state index contributed by atoms with van der Waals surface area (Å²) in [6.45, 7) is 4.51. The molecule has 0 aromatic carbocycles. The SMILES string of the molecule is C[C@]12CCC(O)CC1=CC[C@@H]1[C@@H]2CC[C@@]2(C)[C@H]1CCC2(O)C#CC(=O)O. The summed E-state index contributed by atoms with van der Waals surface area (Å²) in [6, 6.07) is 0. The minimum absolute atomic E-state index is 0.178. The van der Waals surface area contributed by atoms with E-state index in [9.17, 15) is 15.0 Å². The van der Waals surface area contributed by atoms with E-state index in [4.69, 9.17) is 5.11 Å². The van der Waals surface area contributed by atoms with Crippen LogP contribution in [0, 0.1) is 40.4 Å². The van der Waals surface area contributed by atoms with E-state index in [2.05, 4.69) is 31.8 Å². The molecule has 4 aliphatic rings. The summed E-state index contributed by atoms with van der Waals surface area (Å²) < 4.78 is 0. The summed E-state index contributed by atoms with van der Waals surface area (Å²) in [6.07, 6.45) is 9.39. The van der Waals surface area contributed by atoms with Crippen molar-refractivity contribution >= 4 is 5.97 Å². The van der Waals surface area contributed by atoms with Gasteiger partial charge in [-0.1, -0.05) is 31.4 Å². The van der Waals surface area contributed by atoms with Gasteiger partial charge in [0.15, 0.2) is 0 Å². The zero-order valence-electron chi connectivity index (χ0n) is 15.8. The maximum Gasteiger partial charge on any atom is 0.382 e. The van der Waals surface area contributed by atoms with Gasteiger partial charge in [0.05, 0.1) is 6.10 Å². The molecule has 4 heteroatoms. The van der Waals surface area contributed by atoms with Gasteiger partial charge in [0, 0.05) is 11.3 Å². The molecule has 4 nitrogen and oxygen atoms in total. The second kappa shape index (κ2) is 5.84. The number of carboxylic acid groups (broad SMARTS) is 1. The van der Waals surface area contributed by atoms with Crippen molar-refractivity contribution in [3.05, 3.63) is 11.6 Å². The Balaban J connectivity index is 1.66. The highest BCUT2D eigenvalue weighted by atomic mass is 16.4. The summed E-state index contributed by atoms with van der Waals surface area (Å²) in [7, 11) is 0. The molecule has 0 amide bonds. The molecule has 3 saturated carbocycles. The van der Waals surface area contributed by atoms with Crippen molar-refractivity contribution < 1.29 is 20.1 Å². The topological polar surface area (TPSA) is 77.8 Å². The second-order valence-electron chi connectivity index (χ2n) is 9.57. The Morgan fingerprint density at radius 1 is 1.15 bits per heavy atom. The highest BCUT2D eigenvalue weighted by molar-refractivity contribution is 5.86. The predicted molar refractivity (Wildman–Crippen MR) is 98.1 cm³/mol. The van der Waals surface area contributed by atoms with Crippen LogP contribution in [0.15, 0.2) is 11.6 Å². The monoisotopic (exact) mass is 358 g/mol. The van der Waals surface area contributed by atoms with Crippen molar-refractivity contribution in [2.45, 2.75) is 76.9 Å². The van der Waals surface area contributed by atoms with Gasteiger partial charge in [-0.25, -0.2) is 4.79 Å². The molecule has 7 atom stereocenters. The average Bonchev–Trinajstić information content (AvgIpc) is 2.86. The van der Waals surface area contributed by atoms with E-state index in [1.165, 1.54) is 5.57 Å². The molecule has 0 aliphatic heterocycles. The first-order valence-corrected chi connectivity index (χ1v) is 10.1. The summed E-state index contributed by atoms with van der Waals surface area (Å²) >= 11 is 0. The third-order valence-electron chi connectivity index (χ3n) is 8.61. The summed E-state index contributed by atoms with van der Waals surface area (Å²) in [5, 5.41) is 30.2. The minimum atomic E-state index is -1.19. The molecule has 0 saturated heterocycles. The van der Waals surface area contributed by atoms with Crippen LogP contribution in [-0.2, 0) is 4.79 Å². The van der Waals surface area contributed by atoms with Crippen LogP contribution < -0.4 is 0 Å². The van der Waals surface area contributed by atoms with Crippen LogP contribution in [-0.4, -0.2) is 33.0 Å². The van der Waals surface area contributed by atoms with Crippen LogP contribution in [0.1, 0.15) is 65.2 Å². The van der Waals surface area contributed by atoms with E-state index in [0.29, 0.717) is 24.2 Å². The van der Waals surface area contributed by atoms with E-state index >= 15 is 0 Å². The maximum absolute atomic E-state index is 11.2. The lowest BCUT2D eigenvalue weighted by Gasteiger charge is -2.58. The van der Waals surface area contributed by atoms with Crippen molar-refractivity contribution in [3.8, 4) is 11.8 Å². The van der Waals surface area contributed by atoms with Gasteiger partial charge in [-0.05, 0) is 74.5 Å².